The quantitative estimate of drug-likeness (QED) is 0.923. The van der Waals surface area contributed by atoms with Crippen LogP contribution in [-0.2, 0) is 9.53 Å². The van der Waals surface area contributed by atoms with E-state index in [0.717, 1.165) is 44.1 Å². The number of likely N-dealkylation sites (tertiary alicyclic amines) is 1. The minimum absolute atomic E-state index is 0.0123. The van der Waals surface area contributed by atoms with Crippen LogP contribution < -0.4 is 5.32 Å². The third-order valence-electron chi connectivity index (χ3n) is 5.10. The molecule has 4 rings (SSSR count). The topological polar surface area (TPSA) is 54.5 Å². The molecule has 1 N–H and O–H groups in total. The van der Waals surface area contributed by atoms with Crippen molar-refractivity contribution in [2.45, 2.75) is 37.8 Å². The van der Waals surface area contributed by atoms with Crippen LogP contribution in [0.5, 0.6) is 0 Å². The van der Waals surface area contributed by atoms with Crippen molar-refractivity contribution in [2.24, 2.45) is 11.8 Å². The van der Waals surface area contributed by atoms with Crippen LogP contribution in [0.15, 0.2) is 24.5 Å². The number of hydrogen-bond donors (Lipinski definition) is 1. The van der Waals surface area contributed by atoms with Crippen molar-refractivity contribution in [3.05, 3.63) is 24.5 Å². The molecule has 3 fully saturated rings. The molecule has 22 heavy (non-hydrogen) atoms. The van der Waals surface area contributed by atoms with E-state index in [1.807, 2.05) is 12.1 Å². The van der Waals surface area contributed by atoms with Crippen LogP contribution in [0.1, 0.15) is 25.7 Å². The first-order valence-electron chi connectivity index (χ1n) is 8.36. The Bertz CT molecular complexity index is 532. The maximum Gasteiger partial charge on any atom is 0.228 e. The average molecular weight is 301 g/mol. The molecule has 5 heteroatoms. The average Bonchev–Trinajstić information content (AvgIpc) is 3.22. The molecule has 1 aromatic rings. The molecular weight excluding hydrogens is 278 g/mol. The van der Waals surface area contributed by atoms with Gasteiger partial charge >= 0.3 is 0 Å². The standard InChI is InChI=1S/C17H23N3O2/c21-17(19-14-2-1-6-18-9-14)13-8-16-15(5-7-22-16)20(11-13)10-12-3-4-12/h1-2,6,9,12-13,15-16H,3-5,7-8,10-11H2,(H,19,21)/t13-,15+,16+/m0/s1. The predicted octanol–water partition coefficient (Wildman–Crippen LogP) is 1.91. The molecular formula is C17H23N3O2. The van der Waals surface area contributed by atoms with Gasteiger partial charge in [-0.25, -0.2) is 0 Å². The molecule has 1 saturated carbocycles. The summed E-state index contributed by atoms with van der Waals surface area (Å²) >= 11 is 0. The highest BCUT2D eigenvalue weighted by molar-refractivity contribution is 5.92. The molecule has 2 aliphatic heterocycles. The van der Waals surface area contributed by atoms with Crippen molar-refractivity contribution in [1.82, 2.24) is 9.88 Å². The first kappa shape index (κ1) is 14.2. The number of aromatic nitrogens is 1. The maximum absolute atomic E-state index is 12.6. The van der Waals surface area contributed by atoms with Gasteiger partial charge in [0.05, 0.1) is 23.9 Å². The van der Waals surface area contributed by atoms with Gasteiger partial charge in [0.1, 0.15) is 0 Å². The van der Waals surface area contributed by atoms with Crippen molar-refractivity contribution in [3.8, 4) is 0 Å². The Morgan fingerprint density at radius 3 is 3.09 bits per heavy atom. The van der Waals surface area contributed by atoms with Crippen molar-refractivity contribution in [3.63, 3.8) is 0 Å². The number of amides is 1. The lowest BCUT2D eigenvalue weighted by Crippen LogP contribution is -2.52. The summed E-state index contributed by atoms with van der Waals surface area (Å²) < 4.78 is 5.89. The lowest BCUT2D eigenvalue weighted by molar-refractivity contribution is -0.124. The fraction of sp³-hybridized carbons (Fsp3) is 0.647. The van der Waals surface area contributed by atoms with Gasteiger partial charge in [-0.15, -0.1) is 0 Å². The number of fused-ring (bicyclic) bond motifs is 1. The van der Waals surface area contributed by atoms with Crippen LogP contribution >= 0.6 is 0 Å². The smallest absolute Gasteiger partial charge is 0.228 e. The van der Waals surface area contributed by atoms with Crippen LogP contribution in [0.4, 0.5) is 5.69 Å². The molecule has 3 atom stereocenters. The van der Waals surface area contributed by atoms with E-state index >= 15 is 0 Å². The van der Waals surface area contributed by atoms with Gasteiger partial charge in [-0.1, -0.05) is 0 Å². The highest BCUT2D eigenvalue weighted by Crippen LogP contribution is 2.36. The largest absolute Gasteiger partial charge is 0.377 e. The van der Waals surface area contributed by atoms with E-state index in [4.69, 9.17) is 4.74 Å². The summed E-state index contributed by atoms with van der Waals surface area (Å²) in [6, 6.07) is 4.25. The number of anilines is 1. The number of carbonyl (C=O) groups is 1. The Kier molecular flexibility index (Phi) is 3.84. The molecule has 1 aromatic heterocycles. The molecule has 118 valence electrons. The third kappa shape index (κ3) is 3.01. The van der Waals surface area contributed by atoms with Gasteiger partial charge in [0.15, 0.2) is 0 Å². The Morgan fingerprint density at radius 1 is 1.41 bits per heavy atom. The molecule has 0 bridgehead atoms. The molecule has 0 spiro atoms. The number of piperidine rings is 1. The number of carbonyl (C=O) groups excluding carboxylic acids is 1. The predicted molar refractivity (Wildman–Crippen MR) is 83.4 cm³/mol. The number of nitrogens with zero attached hydrogens (tertiary/aromatic N) is 2. The molecule has 0 unspecified atom stereocenters. The summed E-state index contributed by atoms with van der Waals surface area (Å²) in [5, 5.41) is 3.00. The van der Waals surface area contributed by atoms with Crippen LogP contribution in [0.2, 0.25) is 0 Å². The van der Waals surface area contributed by atoms with Crippen molar-refractivity contribution in [1.29, 1.82) is 0 Å². The number of hydrogen-bond acceptors (Lipinski definition) is 4. The van der Waals surface area contributed by atoms with E-state index in [9.17, 15) is 4.79 Å². The Balaban J connectivity index is 1.43. The molecule has 3 aliphatic rings. The molecule has 5 nitrogen and oxygen atoms in total. The lowest BCUT2D eigenvalue weighted by Gasteiger charge is -2.40. The van der Waals surface area contributed by atoms with Gasteiger partial charge < -0.3 is 10.1 Å². The van der Waals surface area contributed by atoms with Gasteiger partial charge in [0.25, 0.3) is 0 Å². The zero-order valence-corrected chi connectivity index (χ0v) is 12.8. The fourth-order valence-corrected chi connectivity index (χ4v) is 3.77. The second kappa shape index (κ2) is 5.97. The third-order valence-corrected chi connectivity index (χ3v) is 5.10. The number of nitrogens with one attached hydrogen (secondary N) is 1. The van der Waals surface area contributed by atoms with Gasteiger partial charge in [-0.05, 0) is 43.7 Å². The van der Waals surface area contributed by atoms with Crippen LogP contribution in [0.3, 0.4) is 0 Å². The van der Waals surface area contributed by atoms with E-state index in [1.54, 1.807) is 12.4 Å². The van der Waals surface area contributed by atoms with Gasteiger partial charge in [-0.3, -0.25) is 14.7 Å². The summed E-state index contributed by atoms with van der Waals surface area (Å²) in [4.78, 5) is 19.2. The minimum atomic E-state index is 0.0123. The van der Waals surface area contributed by atoms with E-state index in [0.29, 0.717) is 6.04 Å². The second-order valence-electron chi connectivity index (χ2n) is 6.83. The summed E-state index contributed by atoms with van der Waals surface area (Å²) in [5.41, 5.74) is 0.774. The molecule has 3 heterocycles. The van der Waals surface area contributed by atoms with Crippen LogP contribution in [-0.4, -0.2) is 47.6 Å². The van der Waals surface area contributed by atoms with Crippen molar-refractivity contribution in [2.75, 3.05) is 25.0 Å². The first-order chi connectivity index (χ1) is 10.8. The normalized spacial score (nSPS) is 31.7. The molecule has 0 aromatic carbocycles. The highest BCUT2D eigenvalue weighted by atomic mass is 16.5. The van der Waals surface area contributed by atoms with E-state index < -0.39 is 0 Å². The Morgan fingerprint density at radius 2 is 2.32 bits per heavy atom. The highest BCUT2D eigenvalue weighted by Gasteiger charge is 2.43. The summed E-state index contributed by atoms with van der Waals surface area (Å²) in [7, 11) is 0. The van der Waals surface area contributed by atoms with E-state index in [1.165, 1.54) is 12.8 Å². The van der Waals surface area contributed by atoms with Gasteiger partial charge in [0, 0.05) is 31.9 Å². The van der Waals surface area contributed by atoms with Crippen molar-refractivity contribution >= 4 is 11.6 Å². The first-order valence-corrected chi connectivity index (χ1v) is 8.36. The Hall–Kier alpha value is -1.46. The van der Waals surface area contributed by atoms with Gasteiger partial charge in [0.2, 0.25) is 5.91 Å². The second-order valence-corrected chi connectivity index (χ2v) is 6.83. The molecule has 1 aliphatic carbocycles. The van der Waals surface area contributed by atoms with Crippen LogP contribution in [0, 0.1) is 11.8 Å². The number of pyridine rings is 1. The molecule has 1 amide bonds. The monoisotopic (exact) mass is 301 g/mol. The molecule has 0 radical (unpaired) electrons. The number of ether oxygens (including phenoxy) is 1. The zero-order valence-electron chi connectivity index (χ0n) is 12.8. The van der Waals surface area contributed by atoms with Crippen LogP contribution in [0.25, 0.3) is 0 Å². The van der Waals surface area contributed by atoms with Crippen molar-refractivity contribution < 1.29 is 9.53 Å². The lowest BCUT2D eigenvalue weighted by atomic mass is 9.89. The summed E-state index contributed by atoms with van der Waals surface area (Å²) in [6.07, 6.45) is 8.30. The summed E-state index contributed by atoms with van der Waals surface area (Å²) in [6.45, 7) is 2.85. The molecule has 2 saturated heterocycles. The minimum Gasteiger partial charge on any atom is -0.377 e. The Labute approximate surface area is 131 Å². The van der Waals surface area contributed by atoms with Gasteiger partial charge in [-0.2, -0.15) is 0 Å². The maximum atomic E-state index is 12.6. The zero-order chi connectivity index (χ0) is 14.9. The van der Waals surface area contributed by atoms with E-state index in [2.05, 4.69) is 15.2 Å². The summed E-state index contributed by atoms with van der Waals surface area (Å²) in [5.74, 6) is 0.961. The SMILES string of the molecule is O=C(Nc1cccnc1)[C@H]1C[C@H]2OCC[C@H]2N(CC2CC2)C1. The fourth-order valence-electron chi connectivity index (χ4n) is 3.77. The van der Waals surface area contributed by atoms with E-state index in [-0.39, 0.29) is 17.9 Å². The number of rotatable bonds is 4.